The molecule has 88 valence electrons. The highest BCUT2D eigenvalue weighted by molar-refractivity contribution is 6.31. The summed E-state index contributed by atoms with van der Waals surface area (Å²) in [4.78, 5) is 0. The van der Waals surface area contributed by atoms with Crippen molar-refractivity contribution in [3.05, 3.63) is 28.9 Å². The molecule has 1 heterocycles. The number of aromatic amines is 1. The van der Waals surface area contributed by atoms with Gasteiger partial charge in [-0.05, 0) is 48.8 Å². The number of nitrogens with one attached hydrogen (secondary N) is 1. The van der Waals surface area contributed by atoms with Crippen molar-refractivity contribution < 1.29 is 5.11 Å². The number of aliphatic hydroxyl groups is 1. The number of aromatic nitrogens is 2. The van der Waals surface area contributed by atoms with Crippen molar-refractivity contribution in [2.75, 3.05) is 0 Å². The van der Waals surface area contributed by atoms with Crippen LogP contribution in [0.4, 0.5) is 0 Å². The summed E-state index contributed by atoms with van der Waals surface area (Å²) in [6.45, 7) is 0. The lowest BCUT2D eigenvalue weighted by molar-refractivity contribution is 0.0327. The fourth-order valence-corrected chi connectivity index (χ4v) is 3.60. The smallest absolute Gasteiger partial charge is 0.0909 e. The Labute approximate surface area is 104 Å². The second-order valence-corrected chi connectivity index (χ2v) is 5.92. The van der Waals surface area contributed by atoms with Crippen molar-refractivity contribution in [2.24, 2.45) is 11.8 Å². The Morgan fingerprint density at radius 2 is 2.12 bits per heavy atom. The Bertz CT molecular complexity index is 596. The molecule has 0 saturated heterocycles. The van der Waals surface area contributed by atoms with Crippen LogP contribution in [0.15, 0.2) is 18.3 Å². The van der Waals surface area contributed by atoms with Crippen LogP contribution in [-0.4, -0.2) is 15.3 Å². The van der Waals surface area contributed by atoms with Crippen molar-refractivity contribution in [2.45, 2.75) is 24.9 Å². The molecule has 3 nitrogen and oxygen atoms in total. The van der Waals surface area contributed by atoms with Crippen LogP contribution in [0.5, 0.6) is 0 Å². The maximum atomic E-state index is 10.8. The lowest BCUT2D eigenvalue weighted by Gasteiger charge is -2.26. The summed E-state index contributed by atoms with van der Waals surface area (Å²) >= 11 is 6.11. The second-order valence-electron chi connectivity index (χ2n) is 5.48. The monoisotopic (exact) mass is 248 g/mol. The Hall–Kier alpha value is -1.06. The SMILES string of the molecule is O[C@@]1(c2cc(Cl)cc3[nH]ncc23)C[C@H]2C[C@H]2C1. The Balaban J connectivity index is 1.92. The summed E-state index contributed by atoms with van der Waals surface area (Å²) < 4.78 is 0. The van der Waals surface area contributed by atoms with Gasteiger partial charge in [0.15, 0.2) is 0 Å². The van der Waals surface area contributed by atoms with Gasteiger partial charge in [0.05, 0.1) is 17.3 Å². The molecule has 0 aliphatic heterocycles. The number of benzene rings is 1. The maximum absolute atomic E-state index is 10.8. The van der Waals surface area contributed by atoms with Gasteiger partial charge < -0.3 is 5.11 Å². The number of hydrogen-bond acceptors (Lipinski definition) is 2. The zero-order valence-corrected chi connectivity index (χ0v) is 10.0. The van der Waals surface area contributed by atoms with Gasteiger partial charge in [-0.3, -0.25) is 5.10 Å². The molecule has 0 amide bonds. The molecule has 2 aromatic rings. The molecule has 0 bridgehead atoms. The van der Waals surface area contributed by atoms with Crippen LogP contribution in [0.1, 0.15) is 24.8 Å². The van der Waals surface area contributed by atoms with E-state index >= 15 is 0 Å². The summed E-state index contributed by atoms with van der Waals surface area (Å²) in [5.74, 6) is 1.45. The van der Waals surface area contributed by atoms with Crippen LogP contribution in [0, 0.1) is 11.8 Å². The number of fused-ring (bicyclic) bond motifs is 2. The van der Waals surface area contributed by atoms with E-state index in [-0.39, 0.29) is 0 Å². The molecule has 4 heteroatoms. The molecule has 2 fully saturated rings. The van der Waals surface area contributed by atoms with Gasteiger partial charge >= 0.3 is 0 Å². The van der Waals surface area contributed by atoms with Crippen LogP contribution >= 0.6 is 11.6 Å². The number of rotatable bonds is 1. The number of hydrogen-bond donors (Lipinski definition) is 2. The van der Waals surface area contributed by atoms with E-state index in [1.807, 2.05) is 12.1 Å². The molecule has 2 N–H and O–H groups in total. The van der Waals surface area contributed by atoms with Gasteiger partial charge in [0.2, 0.25) is 0 Å². The van der Waals surface area contributed by atoms with E-state index < -0.39 is 5.60 Å². The predicted octanol–water partition coefficient (Wildman–Crippen LogP) is 2.83. The van der Waals surface area contributed by atoms with Crippen LogP contribution in [0.25, 0.3) is 10.9 Å². The average molecular weight is 249 g/mol. The number of halogens is 1. The van der Waals surface area contributed by atoms with Gasteiger partial charge in [0.25, 0.3) is 0 Å². The zero-order chi connectivity index (χ0) is 11.6. The van der Waals surface area contributed by atoms with Gasteiger partial charge in [-0.1, -0.05) is 11.6 Å². The first-order chi connectivity index (χ1) is 8.16. The van der Waals surface area contributed by atoms with Gasteiger partial charge in [0.1, 0.15) is 0 Å². The minimum atomic E-state index is -0.694. The summed E-state index contributed by atoms with van der Waals surface area (Å²) in [6.07, 6.45) is 4.82. The first-order valence-electron chi connectivity index (χ1n) is 6.01. The Morgan fingerprint density at radius 1 is 1.35 bits per heavy atom. The van der Waals surface area contributed by atoms with E-state index in [0.717, 1.165) is 41.1 Å². The molecule has 2 saturated carbocycles. The third kappa shape index (κ3) is 1.36. The third-order valence-electron chi connectivity index (χ3n) is 4.29. The van der Waals surface area contributed by atoms with Crippen molar-refractivity contribution in [1.82, 2.24) is 10.2 Å². The first-order valence-corrected chi connectivity index (χ1v) is 6.39. The van der Waals surface area contributed by atoms with Crippen LogP contribution in [-0.2, 0) is 5.60 Å². The van der Waals surface area contributed by atoms with Gasteiger partial charge in [-0.25, -0.2) is 0 Å². The molecule has 2 aliphatic carbocycles. The lowest BCUT2D eigenvalue weighted by Crippen LogP contribution is -2.23. The molecule has 1 aromatic heterocycles. The molecule has 0 unspecified atom stereocenters. The minimum Gasteiger partial charge on any atom is -0.385 e. The standard InChI is InChI=1S/C13H13ClN2O/c14-9-2-11(10-6-15-16-12(10)3-9)13(17)4-7-1-8(7)5-13/h2-3,6-8,17H,1,4-5H2,(H,15,16)/t7-,8+,13+. The van der Waals surface area contributed by atoms with Crippen molar-refractivity contribution in [3.8, 4) is 0 Å². The molecule has 0 spiro atoms. The largest absolute Gasteiger partial charge is 0.385 e. The topological polar surface area (TPSA) is 48.9 Å². The summed E-state index contributed by atoms with van der Waals surface area (Å²) in [7, 11) is 0. The fourth-order valence-electron chi connectivity index (χ4n) is 3.38. The molecule has 3 atom stereocenters. The van der Waals surface area contributed by atoms with Crippen LogP contribution < -0.4 is 0 Å². The van der Waals surface area contributed by atoms with Gasteiger partial charge in [-0.2, -0.15) is 5.10 Å². The molecular formula is C13H13ClN2O. The van der Waals surface area contributed by atoms with E-state index in [1.54, 1.807) is 6.20 Å². The van der Waals surface area contributed by atoms with Crippen molar-refractivity contribution in [3.63, 3.8) is 0 Å². The zero-order valence-electron chi connectivity index (χ0n) is 9.28. The maximum Gasteiger partial charge on any atom is 0.0909 e. The highest BCUT2D eigenvalue weighted by Crippen LogP contribution is 2.60. The third-order valence-corrected chi connectivity index (χ3v) is 4.51. The Morgan fingerprint density at radius 3 is 2.88 bits per heavy atom. The summed E-state index contributed by atoms with van der Waals surface area (Å²) in [5.41, 5.74) is 1.16. The predicted molar refractivity (Wildman–Crippen MR) is 65.8 cm³/mol. The molecular weight excluding hydrogens is 236 g/mol. The highest BCUT2D eigenvalue weighted by atomic mass is 35.5. The molecule has 4 rings (SSSR count). The van der Waals surface area contributed by atoms with E-state index in [4.69, 9.17) is 11.6 Å². The fraction of sp³-hybridized carbons (Fsp3) is 0.462. The molecule has 1 aromatic carbocycles. The summed E-state index contributed by atoms with van der Waals surface area (Å²) in [5, 5.41) is 19.4. The second kappa shape index (κ2) is 3.03. The van der Waals surface area contributed by atoms with E-state index in [9.17, 15) is 5.11 Å². The average Bonchev–Trinajstić information content (AvgIpc) is 2.75. The van der Waals surface area contributed by atoms with Crippen LogP contribution in [0.2, 0.25) is 5.02 Å². The minimum absolute atomic E-state index is 0.658. The van der Waals surface area contributed by atoms with Crippen LogP contribution in [0.3, 0.4) is 0 Å². The lowest BCUT2D eigenvalue weighted by atomic mass is 9.87. The molecule has 17 heavy (non-hydrogen) atoms. The van der Waals surface area contributed by atoms with Crippen molar-refractivity contribution in [1.29, 1.82) is 0 Å². The van der Waals surface area contributed by atoms with Crippen molar-refractivity contribution >= 4 is 22.5 Å². The number of nitrogens with zero attached hydrogens (tertiary/aromatic N) is 1. The quantitative estimate of drug-likeness (QED) is 0.815. The van der Waals surface area contributed by atoms with E-state index in [2.05, 4.69) is 10.2 Å². The summed E-state index contributed by atoms with van der Waals surface area (Å²) in [6, 6.07) is 3.75. The van der Waals surface area contributed by atoms with E-state index in [0.29, 0.717) is 5.02 Å². The van der Waals surface area contributed by atoms with E-state index in [1.165, 1.54) is 6.42 Å². The van der Waals surface area contributed by atoms with Gasteiger partial charge in [0, 0.05) is 10.4 Å². The Kier molecular flexibility index (Phi) is 1.77. The highest BCUT2D eigenvalue weighted by Gasteiger charge is 2.54. The molecule has 2 aliphatic rings. The first kappa shape index (κ1) is 9.92. The normalized spacial score (nSPS) is 35.2. The number of H-pyrrole nitrogens is 1. The van der Waals surface area contributed by atoms with Gasteiger partial charge in [-0.15, -0.1) is 0 Å². The molecule has 0 radical (unpaired) electrons.